The summed E-state index contributed by atoms with van der Waals surface area (Å²) in [6.45, 7) is 4.06. The maximum atomic E-state index is 11.7. The van der Waals surface area contributed by atoms with Gasteiger partial charge in [0.1, 0.15) is 5.75 Å². The third kappa shape index (κ3) is 4.65. The molecule has 19 heavy (non-hydrogen) atoms. The molecule has 0 aliphatic heterocycles. The minimum atomic E-state index is -0.311. The Balaban J connectivity index is 2.60. The molecule has 4 heteroatoms. The van der Waals surface area contributed by atoms with E-state index < -0.39 is 0 Å². The third-order valence-electron chi connectivity index (χ3n) is 2.85. The summed E-state index contributed by atoms with van der Waals surface area (Å²) in [5.74, 6) is 3.07. The molecule has 2 N–H and O–H groups in total. The van der Waals surface area contributed by atoms with E-state index >= 15 is 0 Å². The van der Waals surface area contributed by atoms with Crippen LogP contribution in [0.3, 0.4) is 0 Å². The van der Waals surface area contributed by atoms with Gasteiger partial charge >= 0.3 is 0 Å². The Morgan fingerprint density at radius 1 is 1.47 bits per heavy atom. The lowest BCUT2D eigenvalue weighted by Gasteiger charge is -2.20. The van der Waals surface area contributed by atoms with E-state index in [-0.39, 0.29) is 24.5 Å². The van der Waals surface area contributed by atoms with Crippen LogP contribution in [0.4, 0.5) is 0 Å². The average Bonchev–Trinajstić information content (AvgIpc) is 2.44. The van der Waals surface area contributed by atoms with Gasteiger partial charge in [-0.15, -0.1) is 6.42 Å². The molecular weight excluding hydrogens is 240 g/mol. The van der Waals surface area contributed by atoms with Gasteiger partial charge in [0, 0.05) is 6.04 Å². The topological polar surface area (TPSA) is 50.4 Å². The molecule has 1 aromatic rings. The predicted octanol–water partition coefficient (Wildman–Crippen LogP) is 1.48. The summed E-state index contributed by atoms with van der Waals surface area (Å²) in [5, 5.41) is 5.87. The molecule has 1 unspecified atom stereocenters. The van der Waals surface area contributed by atoms with Gasteiger partial charge in [0.15, 0.2) is 0 Å². The molecule has 0 bridgehead atoms. The van der Waals surface area contributed by atoms with Crippen LogP contribution in [0.5, 0.6) is 5.75 Å². The number of benzene rings is 1. The highest BCUT2D eigenvalue weighted by Crippen LogP contribution is 2.19. The second-order valence-electron chi connectivity index (χ2n) is 4.31. The van der Waals surface area contributed by atoms with Crippen molar-refractivity contribution in [3.8, 4) is 18.1 Å². The number of hydrogen-bond donors (Lipinski definition) is 2. The molecule has 0 saturated carbocycles. The molecule has 0 aromatic heterocycles. The van der Waals surface area contributed by atoms with Gasteiger partial charge < -0.3 is 10.1 Å². The number of terminal acetylenes is 1. The van der Waals surface area contributed by atoms with E-state index in [1.165, 1.54) is 0 Å². The summed E-state index contributed by atoms with van der Waals surface area (Å²) in [5.41, 5.74) is 1.07. The van der Waals surface area contributed by atoms with Crippen LogP contribution in [0.2, 0.25) is 0 Å². The first-order valence-electron chi connectivity index (χ1n) is 6.19. The zero-order valence-electron chi connectivity index (χ0n) is 11.6. The zero-order valence-corrected chi connectivity index (χ0v) is 11.6. The minimum Gasteiger partial charge on any atom is -0.497 e. The Morgan fingerprint density at radius 3 is 2.84 bits per heavy atom. The number of rotatable bonds is 6. The fourth-order valence-electron chi connectivity index (χ4n) is 1.75. The van der Waals surface area contributed by atoms with Crippen molar-refractivity contribution in [2.75, 3.05) is 13.7 Å². The normalized spacial score (nSPS) is 13.2. The summed E-state index contributed by atoms with van der Waals surface area (Å²) in [4.78, 5) is 11.7. The molecule has 0 spiro atoms. The molecule has 0 aliphatic rings. The number of ether oxygens (including phenoxy) is 1. The first kappa shape index (κ1) is 15.1. The second kappa shape index (κ2) is 7.45. The Labute approximate surface area is 114 Å². The smallest absolute Gasteiger partial charge is 0.237 e. The Hall–Kier alpha value is -1.99. The lowest BCUT2D eigenvalue weighted by molar-refractivity contribution is -0.122. The van der Waals surface area contributed by atoms with Gasteiger partial charge in [0.05, 0.1) is 19.7 Å². The number of hydrogen-bond acceptors (Lipinski definition) is 3. The van der Waals surface area contributed by atoms with Crippen molar-refractivity contribution < 1.29 is 9.53 Å². The van der Waals surface area contributed by atoms with Gasteiger partial charge in [-0.25, -0.2) is 0 Å². The molecule has 0 aliphatic carbocycles. The molecule has 2 atom stereocenters. The molecule has 1 aromatic carbocycles. The first-order chi connectivity index (χ1) is 9.08. The average molecular weight is 260 g/mol. The van der Waals surface area contributed by atoms with Gasteiger partial charge in [0.2, 0.25) is 5.91 Å². The molecule has 0 radical (unpaired) electrons. The van der Waals surface area contributed by atoms with Crippen molar-refractivity contribution in [2.24, 2.45) is 0 Å². The highest BCUT2D eigenvalue weighted by molar-refractivity contribution is 5.81. The van der Waals surface area contributed by atoms with Crippen molar-refractivity contribution in [1.82, 2.24) is 10.6 Å². The van der Waals surface area contributed by atoms with Crippen molar-refractivity contribution in [3.63, 3.8) is 0 Å². The van der Waals surface area contributed by atoms with E-state index in [1.54, 1.807) is 7.11 Å². The number of nitrogens with one attached hydrogen (secondary N) is 2. The van der Waals surface area contributed by atoms with E-state index in [9.17, 15) is 4.79 Å². The van der Waals surface area contributed by atoms with E-state index in [0.29, 0.717) is 0 Å². The predicted molar refractivity (Wildman–Crippen MR) is 75.8 cm³/mol. The molecule has 0 fully saturated rings. The van der Waals surface area contributed by atoms with Crippen LogP contribution < -0.4 is 15.4 Å². The molecule has 102 valence electrons. The Morgan fingerprint density at radius 2 is 2.21 bits per heavy atom. The van der Waals surface area contributed by atoms with Crippen LogP contribution in [0.15, 0.2) is 24.3 Å². The first-order valence-corrected chi connectivity index (χ1v) is 6.19. The van der Waals surface area contributed by atoms with Crippen LogP contribution >= 0.6 is 0 Å². The molecule has 4 nitrogen and oxygen atoms in total. The van der Waals surface area contributed by atoms with Gasteiger partial charge in [-0.3, -0.25) is 10.1 Å². The summed E-state index contributed by atoms with van der Waals surface area (Å²) >= 11 is 0. The molecule has 0 saturated heterocycles. The summed E-state index contributed by atoms with van der Waals surface area (Å²) in [6.07, 6.45) is 5.10. The minimum absolute atomic E-state index is 0.0432. The zero-order chi connectivity index (χ0) is 14.3. The van der Waals surface area contributed by atoms with Crippen LogP contribution in [0, 0.1) is 12.3 Å². The fraction of sp³-hybridized carbons (Fsp3) is 0.400. The maximum absolute atomic E-state index is 11.7. The van der Waals surface area contributed by atoms with Gasteiger partial charge in [-0.1, -0.05) is 18.1 Å². The monoisotopic (exact) mass is 260 g/mol. The SMILES string of the molecule is C#CCNC(=O)C(C)N[C@H](C)c1cccc(OC)c1. The maximum Gasteiger partial charge on any atom is 0.237 e. The lowest BCUT2D eigenvalue weighted by atomic mass is 10.1. The van der Waals surface area contributed by atoms with E-state index in [2.05, 4.69) is 16.6 Å². The van der Waals surface area contributed by atoms with Crippen LogP contribution in [0.25, 0.3) is 0 Å². The summed E-state index contributed by atoms with van der Waals surface area (Å²) in [6, 6.07) is 7.49. The molecule has 1 rings (SSSR count). The Bertz CT molecular complexity index is 465. The summed E-state index contributed by atoms with van der Waals surface area (Å²) in [7, 11) is 1.63. The van der Waals surface area contributed by atoms with Crippen molar-refractivity contribution in [2.45, 2.75) is 25.9 Å². The quantitative estimate of drug-likeness (QED) is 0.762. The van der Waals surface area contributed by atoms with E-state index in [0.717, 1.165) is 11.3 Å². The van der Waals surface area contributed by atoms with Crippen LogP contribution in [-0.2, 0) is 4.79 Å². The van der Waals surface area contributed by atoms with Crippen molar-refractivity contribution >= 4 is 5.91 Å². The highest BCUT2D eigenvalue weighted by atomic mass is 16.5. The third-order valence-corrected chi connectivity index (χ3v) is 2.85. The van der Waals surface area contributed by atoms with Gasteiger partial charge in [0.25, 0.3) is 0 Å². The highest BCUT2D eigenvalue weighted by Gasteiger charge is 2.15. The second-order valence-corrected chi connectivity index (χ2v) is 4.31. The summed E-state index contributed by atoms with van der Waals surface area (Å²) < 4.78 is 5.18. The largest absolute Gasteiger partial charge is 0.497 e. The lowest BCUT2D eigenvalue weighted by Crippen LogP contribution is -2.43. The number of methoxy groups -OCH3 is 1. The van der Waals surface area contributed by atoms with Crippen molar-refractivity contribution in [1.29, 1.82) is 0 Å². The van der Waals surface area contributed by atoms with E-state index in [1.807, 2.05) is 38.1 Å². The standard InChI is InChI=1S/C15H20N2O2/c1-5-9-16-15(18)12(3)17-11(2)13-7-6-8-14(10-13)19-4/h1,6-8,10-12,17H,9H2,2-4H3,(H,16,18)/t11-,12?/m1/s1. The fourth-order valence-corrected chi connectivity index (χ4v) is 1.75. The molecule has 0 heterocycles. The number of carbonyl (C=O) groups excluding carboxylic acids is 1. The van der Waals surface area contributed by atoms with E-state index in [4.69, 9.17) is 11.2 Å². The molecule has 1 amide bonds. The van der Waals surface area contributed by atoms with Gasteiger partial charge in [-0.05, 0) is 31.5 Å². The van der Waals surface area contributed by atoms with Gasteiger partial charge in [-0.2, -0.15) is 0 Å². The van der Waals surface area contributed by atoms with Crippen molar-refractivity contribution in [3.05, 3.63) is 29.8 Å². The van der Waals surface area contributed by atoms with Crippen LogP contribution in [0.1, 0.15) is 25.5 Å². The number of carbonyl (C=O) groups is 1. The molecular formula is C15H20N2O2. The number of amides is 1. The Kier molecular flexibility index (Phi) is 5.91. The van der Waals surface area contributed by atoms with Crippen LogP contribution in [-0.4, -0.2) is 25.6 Å².